The zero-order valence-corrected chi connectivity index (χ0v) is 24.8. The summed E-state index contributed by atoms with van der Waals surface area (Å²) in [5.74, 6) is 0.334. The summed E-state index contributed by atoms with van der Waals surface area (Å²) >= 11 is 0. The van der Waals surface area contributed by atoms with Crippen molar-refractivity contribution >= 4 is 8.07 Å². The standard InChI is InChI=1S/C35H44O3Si/c1-39(2,3)26-33-23-35(27-37-24-29-14-7-4-8-15-29,28-38-25-30-16-9-5-10-17-30)22-32(33)20-13-21-34(36)31-18-11-6-12-19-31/h4-20,26,32,34,36H,21-25,27-28H2,1-3H3. The van der Waals surface area contributed by atoms with Crippen molar-refractivity contribution in [1.29, 1.82) is 0 Å². The Kier molecular flexibility index (Phi) is 10.5. The van der Waals surface area contributed by atoms with Gasteiger partial charge in [0.2, 0.25) is 0 Å². The fourth-order valence-electron chi connectivity index (χ4n) is 5.50. The smallest absolute Gasteiger partial charge is 0.0824 e. The first-order chi connectivity index (χ1) is 18.8. The Bertz CT molecular complexity index is 1140. The normalized spacial score (nSPS) is 19.1. The van der Waals surface area contributed by atoms with Gasteiger partial charge >= 0.3 is 0 Å². The van der Waals surface area contributed by atoms with Gasteiger partial charge in [0.25, 0.3) is 0 Å². The molecule has 1 aliphatic rings. The van der Waals surface area contributed by atoms with Crippen LogP contribution in [-0.4, -0.2) is 26.4 Å². The van der Waals surface area contributed by atoms with Crippen LogP contribution in [0.25, 0.3) is 0 Å². The molecule has 0 spiro atoms. The molecule has 2 atom stereocenters. The van der Waals surface area contributed by atoms with E-state index in [1.807, 2.05) is 42.5 Å². The van der Waals surface area contributed by atoms with Crippen LogP contribution in [0.1, 0.15) is 42.1 Å². The third-order valence-corrected chi connectivity index (χ3v) is 8.52. The van der Waals surface area contributed by atoms with E-state index < -0.39 is 14.2 Å². The first-order valence-electron chi connectivity index (χ1n) is 14.2. The van der Waals surface area contributed by atoms with Crippen LogP contribution in [0.3, 0.4) is 0 Å². The quantitative estimate of drug-likeness (QED) is 0.175. The molecule has 0 heterocycles. The number of benzene rings is 3. The Hall–Kier alpha value is -2.76. The highest BCUT2D eigenvalue weighted by Crippen LogP contribution is 2.47. The molecular formula is C35H44O3Si. The van der Waals surface area contributed by atoms with E-state index in [0.717, 1.165) is 18.4 Å². The Balaban J connectivity index is 1.49. The maximum Gasteiger partial charge on any atom is 0.0824 e. The number of hydrogen-bond donors (Lipinski definition) is 1. The number of hydrogen-bond acceptors (Lipinski definition) is 3. The minimum absolute atomic E-state index is 0.0813. The topological polar surface area (TPSA) is 38.7 Å². The van der Waals surface area contributed by atoms with Crippen molar-refractivity contribution in [2.24, 2.45) is 11.3 Å². The summed E-state index contributed by atoms with van der Waals surface area (Å²) in [7, 11) is -1.43. The van der Waals surface area contributed by atoms with Gasteiger partial charge < -0.3 is 14.6 Å². The fraction of sp³-hybridized carbons (Fsp3) is 0.371. The maximum absolute atomic E-state index is 10.7. The summed E-state index contributed by atoms with van der Waals surface area (Å²) < 4.78 is 12.8. The third-order valence-electron chi connectivity index (χ3n) is 7.28. The van der Waals surface area contributed by atoms with E-state index in [-0.39, 0.29) is 5.41 Å². The summed E-state index contributed by atoms with van der Waals surface area (Å²) in [4.78, 5) is 0. The first-order valence-corrected chi connectivity index (χ1v) is 17.7. The molecule has 3 aromatic carbocycles. The molecule has 206 valence electrons. The molecule has 4 rings (SSSR count). The molecule has 3 aromatic rings. The lowest BCUT2D eigenvalue weighted by atomic mass is 9.86. The van der Waals surface area contributed by atoms with E-state index in [4.69, 9.17) is 9.47 Å². The summed E-state index contributed by atoms with van der Waals surface area (Å²) in [5, 5.41) is 10.7. The van der Waals surface area contributed by atoms with Gasteiger partial charge in [0.1, 0.15) is 0 Å². The van der Waals surface area contributed by atoms with Gasteiger partial charge in [-0.1, -0.05) is 134 Å². The van der Waals surface area contributed by atoms with Crippen LogP contribution in [0.5, 0.6) is 0 Å². The number of allylic oxidation sites excluding steroid dienone is 2. The van der Waals surface area contributed by atoms with E-state index >= 15 is 0 Å². The van der Waals surface area contributed by atoms with Gasteiger partial charge in [0.05, 0.1) is 40.6 Å². The maximum atomic E-state index is 10.7. The van der Waals surface area contributed by atoms with Gasteiger partial charge in [-0.2, -0.15) is 0 Å². The van der Waals surface area contributed by atoms with Crippen molar-refractivity contribution in [1.82, 2.24) is 0 Å². The van der Waals surface area contributed by atoms with Crippen LogP contribution in [0.2, 0.25) is 19.6 Å². The SMILES string of the molecule is C[Si](C)(C)C=C1CC(COCc2ccccc2)(COCc2ccccc2)CC1C=CCC(O)c1ccccc1. The zero-order valence-electron chi connectivity index (χ0n) is 23.8. The largest absolute Gasteiger partial charge is 0.388 e. The molecule has 0 aliphatic heterocycles. The second kappa shape index (κ2) is 14.0. The Morgan fingerprint density at radius 3 is 1.85 bits per heavy atom. The molecule has 1 aliphatic carbocycles. The Labute approximate surface area is 236 Å². The highest BCUT2D eigenvalue weighted by molar-refractivity contribution is 6.81. The van der Waals surface area contributed by atoms with Crippen molar-refractivity contribution in [2.75, 3.05) is 13.2 Å². The number of ether oxygens (including phenoxy) is 2. The molecule has 1 fully saturated rings. The molecule has 0 bridgehead atoms. The Morgan fingerprint density at radius 1 is 0.821 bits per heavy atom. The molecule has 1 saturated carbocycles. The lowest BCUT2D eigenvalue weighted by Crippen LogP contribution is -2.30. The lowest BCUT2D eigenvalue weighted by molar-refractivity contribution is -0.0298. The highest BCUT2D eigenvalue weighted by atomic mass is 28.3. The fourth-order valence-corrected chi connectivity index (χ4v) is 6.93. The van der Waals surface area contributed by atoms with E-state index in [9.17, 15) is 5.11 Å². The molecule has 4 heteroatoms. The average molecular weight is 541 g/mol. The van der Waals surface area contributed by atoms with Gasteiger partial charge in [0, 0.05) is 5.41 Å². The predicted octanol–water partition coefficient (Wildman–Crippen LogP) is 8.30. The minimum Gasteiger partial charge on any atom is -0.388 e. The van der Waals surface area contributed by atoms with Crippen molar-refractivity contribution in [2.45, 2.75) is 58.2 Å². The molecule has 2 unspecified atom stereocenters. The molecular weight excluding hydrogens is 496 g/mol. The van der Waals surface area contributed by atoms with Crippen molar-refractivity contribution in [3.63, 3.8) is 0 Å². The summed E-state index contributed by atoms with van der Waals surface area (Å²) in [6.45, 7) is 9.75. The monoisotopic (exact) mass is 540 g/mol. The van der Waals surface area contributed by atoms with E-state index in [1.54, 1.807) is 0 Å². The number of aliphatic hydroxyl groups excluding tert-OH is 1. The van der Waals surface area contributed by atoms with Crippen molar-refractivity contribution in [3.05, 3.63) is 131 Å². The zero-order chi connectivity index (χ0) is 27.6. The number of rotatable bonds is 13. The van der Waals surface area contributed by atoms with Gasteiger partial charge in [0.15, 0.2) is 0 Å². The summed E-state index contributed by atoms with van der Waals surface area (Å²) in [5.41, 5.74) is 7.35. The van der Waals surface area contributed by atoms with Gasteiger partial charge in [-0.25, -0.2) is 0 Å². The average Bonchev–Trinajstić information content (AvgIpc) is 3.25. The predicted molar refractivity (Wildman–Crippen MR) is 164 cm³/mol. The minimum atomic E-state index is -1.43. The molecule has 0 aromatic heterocycles. The second-order valence-electron chi connectivity index (χ2n) is 12.1. The molecule has 1 N–H and O–H groups in total. The lowest BCUT2D eigenvalue weighted by Gasteiger charge is -2.29. The van der Waals surface area contributed by atoms with Crippen LogP contribution >= 0.6 is 0 Å². The first kappa shape index (κ1) is 29.2. The van der Waals surface area contributed by atoms with Gasteiger partial charge in [-0.05, 0) is 41.9 Å². The third kappa shape index (κ3) is 9.43. The van der Waals surface area contributed by atoms with Gasteiger partial charge in [-0.3, -0.25) is 0 Å². The second-order valence-corrected chi connectivity index (χ2v) is 17.1. The van der Waals surface area contributed by atoms with Crippen molar-refractivity contribution in [3.8, 4) is 0 Å². The van der Waals surface area contributed by atoms with E-state index in [1.165, 1.54) is 16.7 Å². The summed E-state index contributed by atoms with van der Waals surface area (Å²) in [6.07, 6.45) is 6.60. The molecule has 39 heavy (non-hydrogen) atoms. The summed E-state index contributed by atoms with van der Waals surface area (Å²) in [6, 6.07) is 30.7. The van der Waals surface area contributed by atoms with Crippen LogP contribution in [-0.2, 0) is 22.7 Å². The van der Waals surface area contributed by atoms with E-state index in [2.05, 4.69) is 86.0 Å². The molecule has 3 nitrogen and oxygen atoms in total. The molecule has 0 saturated heterocycles. The van der Waals surface area contributed by atoms with E-state index in [0.29, 0.717) is 38.8 Å². The molecule has 0 radical (unpaired) electrons. The highest BCUT2D eigenvalue weighted by Gasteiger charge is 2.42. The molecule has 0 amide bonds. The Morgan fingerprint density at radius 2 is 1.33 bits per heavy atom. The van der Waals surface area contributed by atoms with Crippen LogP contribution in [0, 0.1) is 11.3 Å². The van der Waals surface area contributed by atoms with Crippen LogP contribution in [0.15, 0.2) is 114 Å². The van der Waals surface area contributed by atoms with Crippen LogP contribution < -0.4 is 0 Å². The van der Waals surface area contributed by atoms with Crippen LogP contribution in [0.4, 0.5) is 0 Å². The van der Waals surface area contributed by atoms with Crippen molar-refractivity contribution < 1.29 is 14.6 Å². The number of aliphatic hydroxyl groups is 1. The van der Waals surface area contributed by atoms with Gasteiger partial charge in [-0.15, -0.1) is 0 Å².